The maximum absolute atomic E-state index is 11.9. The lowest BCUT2D eigenvalue weighted by Crippen LogP contribution is -2.26. The molecule has 0 spiro atoms. The third-order valence-electron chi connectivity index (χ3n) is 2.92. The Hall–Kier alpha value is -2.18. The zero-order valence-electron chi connectivity index (χ0n) is 12.3. The minimum Gasteiger partial charge on any atom is -0.399 e. The number of benzene rings is 1. The fourth-order valence-electron chi connectivity index (χ4n) is 1.84. The van der Waals surface area contributed by atoms with Crippen LogP contribution < -0.4 is 5.32 Å². The number of nitrogens with one attached hydrogen (secondary N) is 1. The molecule has 0 aliphatic rings. The molecule has 0 atom stereocenters. The predicted molar refractivity (Wildman–Crippen MR) is 89.0 cm³/mol. The van der Waals surface area contributed by atoms with E-state index in [1.165, 1.54) is 25.8 Å². The Bertz CT molecular complexity index is 708. The van der Waals surface area contributed by atoms with Crippen molar-refractivity contribution in [3.8, 4) is 0 Å². The standard InChI is InChI=1S/C15H14Cl2N4O2/c1-23-21-14(10-2-3-12(16)13(17)6-10)4-5-20-15(22)11-7-18-9-19-8-11/h2-3,6-9H,4-5H2,1H3,(H,20,22)/b21-14-. The summed E-state index contributed by atoms with van der Waals surface area (Å²) < 4.78 is 0. The average Bonchev–Trinajstić information content (AvgIpc) is 2.57. The number of oxime groups is 1. The average molecular weight is 353 g/mol. The first kappa shape index (κ1) is 17.2. The van der Waals surface area contributed by atoms with Gasteiger partial charge in [0.05, 0.1) is 21.3 Å². The molecule has 0 radical (unpaired) electrons. The van der Waals surface area contributed by atoms with Crippen LogP contribution in [0.5, 0.6) is 0 Å². The van der Waals surface area contributed by atoms with Crippen molar-refractivity contribution in [1.82, 2.24) is 15.3 Å². The molecule has 2 aromatic rings. The van der Waals surface area contributed by atoms with E-state index in [4.69, 9.17) is 28.0 Å². The van der Waals surface area contributed by atoms with Crippen molar-refractivity contribution in [1.29, 1.82) is 0 Å². The summed E-state index contributed by atoms with van der Waals surface area (Å²) in [4.78, 5) is 24.4. The smallest absolute Gasteiger partial charge is 0.254 e. The molecule has 1 aromatic carbocycles. The molecule has 8 heteroatoms. The largest absolute Gasteiger partial charge is 0.399 e. The molecular weight excluding hydrogens is 339 g/mol. The van der Waals surface area contributed by atoms with Crippen LogP contribution in [0.4, 0.5) is 0 Å². The zero-order valence-corrected chi connectivity index (χ0v) is 13.8. The number of aromatic nitrogens is 2. The van der Waals surface area contributed by atoms with Gasteiger partial charge in [0.2, 0.25) is 0 Å². The van der Waals surface area contributed by atoms with Gasteiger partial charge in [-0.25, -0.2) is 9.97 Å². The van der Waals surface area contributed by atoms with E-state index in [-0.39, 0.29) is 5.91 Å². The molecule has 6 nitrogen and oxygen atoms in total. The van der Waals surface area contributed by atoms with Gasteiger partial charge in [0, 0.05) is 30.9 Å². The lowest BCUT2D eigenvalue weighted by Gasteiger charge is -2.08. The van der Waals surface area contributed by atoms with Crippen molar-refractivity contribution in [2.75, 3.05) is 13.7 Å². The second kappa shape index (κ2) is 8.45. The third kappa shape index (κ3) is 4.91. The molecule has 0 saturated carbocycles. The van der Waals surface area contributed by atoms with Crippen LogP contribution in [-0.2, 0) is 4.84 Å². The lowest BCUT2D eigenvalue weighted by atomic mass is 10.1. The molecule has 0 saturated heterocycles. The van der Waals surface area contributed by atoms with Gasteiger partial charge in [0.1, 0.15) is 13.4 Å². The molecule has 120 valence electrons. The van der Waals surface area contributed by atoms with Crippen LogP contribution in [0, 0.1) is 0 Å². The summed E-state index contributed by atoms with van der Waals surface area (Å²) in [5.41, 5.74) is 1.82. The molecule has 0 aliphatic heterocycles. The number of amides is 1. The Morgan fingerprint density at radius 2 is 1.96 bits per heavy atom. The summed E-state index contributed by atoms with van der Waals surface area (Å²) in [6.07, 6.45) is 4.73. The maximum Gasteiger partial charge on any atom is 0.254 e. The number of carbonyl (C=O) groups is 1. The van der Waals surface area contributed by atoms with Gasteiger partial charge in [-0.2, -0.15) is 0 Å². The monoisotopic (exact) mass is 352 g/mol. The van der Waals surface area contributed by atoms with Crippen molar-refractivity contribution in [2.24, 2.45) is 5.16 Å². The van der Waals surface area contributed by atoms with Crippen molar-refractivity contribution >= 4 is 34.8 Å². The number of hydrogen-bond donors (Lipinski definition) is 1. The van der Waals surface area contributed by atoms with Crippen LogP contribution in [-0.4, -0.2) is 35.2 Å². The van der Waals surface area contributed by atoms with E-state index in [2.05, 4.69) is 20.4 Å². The summed E-state index contributed by atoms with van der Waals surface area (Å²) in [5, 5.41) is 7.63. The molecule has 0 fully saturated rings. The van der Waals surface area contributed by atoms with Crippen LogP contribution in [0.3, 0.4) is 0 Å². The van der Waals surface area contributed by atoms with Gasteiger partial charge in [-0.15, -0.1) is 0 Å². The van der Waals surface area contributed by atoms with Gasteiger partial charge in [-0.1, -0.05) is 34.4 Å². The van der Waals surface area contributed by atoms with Gasteiger partial charge in [0.15, 0.2) is 0 Å². The van der Waals surface area contributed by atoms with Crippen molar-refractivity contribution in [2.45, 2.75) is 6.42 Å². The van der Waals surface area contributed by atoms with Crippen LogP contribution in [0.2, 0.25) is 10.0 Å². The highest BCUT2D eigenvalue weighted by Crippen LogP contribution is 2.23. The van der Waals surface area contributed by atoms with Crippen molar-refractivity contribution in [3.63, 3.8) is 0 Å². The first-order valence-electron chi connectivity index (χ1n) is 6.70. The minimum atomic E-state index is -0.253. The topological polar surface area (TPSA) is 76.5 Å². The van der Waals surface area contributed by atoms with E-state index in [0.717, 1.165) is 5.56 Å². The van der Waals surface area contributed by atoms with Gasteiger partial charge >= 0.3 is 0 Å². The molecule has 1 amide bonds. The number of rotatable bonds is 6. The SMILES string of the molecule is CO/N=C(/CCNC(=O)c1cncnc1)c1ccc(Cl)c(Cl)c1. The zero-order chi connectivity index (χ0) is 16.7. The van der Waals surface area contributed by atoms with E-state index in [1.807, 2.05) is 0 Å². The van der Waals surface area contributed by atoms with E-state index in [9.17, 15) is 4.79 Å². The fraction of sp³-hybridized carbons (Fsp3) is 0.200. The van der Waals surface area contributed by atoms with Crippen molar-refractivity contribution in [3.05, 3.63) is 58.1 Å². The van der Waals surface area contributed by atoms with Gasteiger partial charge < -0.3 is 10.2 Å². The van der Waals surface area contributed by atoms with Crippen LogP contribution in [0.25, 0.3) is 0 Å². The molecule has 1 N–H and O–H groups in total. The van der Waals surface area contributed by atoms with Gasteiger partial charge in [-0.05, 0) is 12.1 Å². The fourth-order valence-corrected chi connectivity index (χ4v) is 2.14. The molecule has 1 aromatic heterocycles. The Labute approximate surface area is 143 Å². The Kier molecular flexibility index (Phi) is 6.31. The first-order valence-corrected chi connectivity index (χ1v) is 7.46. The number of hydrogen-bond acceptors (Lipinski definition) is 5. The second-order valence-corrected chi connectivity index (χ2v) is 5.30. The molecule has 2 rings (SSSR count). The highest BCUT2D eigenvalue weighted by atomic mass is 35.5. The predicted octanol–water partition coefficient (Wildman–Crippen LogP) is 2.95. The molecule has 23 heavy (non-hydrogen) atoms. The second-order valence-electron chi connectivity index (χ2n) is 4.48. The lowest BCUT2D eigenvalue weighted by molar-refractivity contribution is 0.0954. The van der Waals surface area contributed by atoms with E-state index >= 15 is 0 Å². The minimum absolute atomic E-state index is 0.253. The van der Waals surface area contributed by atoms with Crippen LogP contribution >= 0.6 is 23.2 Å². The normalized spacial score (nSPS) is 11.2. The van der Waals surface area contributed by atoms with Crippen molar-refractivity contribution < 1.29 is 9.63 Å². The Balaban J connectivity index is 1.99. The molecular formula is C15H14Cl2N4O2. The van der Waals surface area contributed by atoms with Crippen LogP contribution in [0.15, 0.2) is 42.1 Å². The van der Waals surface area contributed by atoms with Gasteiger partial charge in [0.25, 0.3) is 5.91 Å². The van der Waals surface area contributed by atoms with E-state index in [0.29, 0.717) is 34.3 Å². The third-order valence-corrected chi connectivity index (χ3v) is 3.66. The molecule has 1 heterocycles. The Morgan fingerprint density at radius 3 is 2.61 bits per heavy atom. The molecule has 0 aliphatic carbocycles. The Morgan fingerprint density at radius 1 is 1.22 bits per heavy atom. The van der Waals surface area contributed by atoms with E-state index in [1.54, 1.807) is 18.2 Å². The summed E-state index contributed by atoms with van der Waals surface area (Å²) in [6, 6.07) is 5.18. The number of carbonyl (C=O) groups excluding carboxylic acids is 1. The molecule has 0 bridgehead atoms. The first-order chi connectivity index (χ1) is 11.1. The van der Waals surface area contributed by atoms with Crippen LogP contribution in [0.1, 0.15) is 22.3 Å². The summed E-state index contributed by atoms with van der Waals surface area (Å²) >= 11 is 11.9. The van der Waals surface area contributed by atoms with E-state index < -0.39 is 0 Å². The number of halogens is 2. The summed E-state index contributed by atoms with van der Waals surface area (Å²) in [7, 11) is 1.46. The molecule has 0 unspecified atom stereocenters. The number of nitrogens with zero attached hydrogens (tertiary/aromatic N) is 3. The maximum atomic E-state index is 11.9. The highest BCUT2D eigenvalue weighted by Gasteiger charge is 2.10. The summed E-state index contributed by atoms with van der Waals surface area (Å²) in [5.74, 6) is -0.253. The van der Waals surface area contributed by atoms with Gasteiger partial charge in [-0.3, -0.25) is 4.79 Å². The summed E-state index contributed by atoms with van der Waals surface area (Å²) in [6.45, 7) is 0.371. The highest BCUT2D eigenvalue weighted by molar-refractivity contribution is 6.42. The quantitative estimate of drug-likeness (QED) is 0.640.